The summed E-state index contributed by atoms with van der Waals surface area (Å²) in [5.74, 6) is -1.91. The molecule has 0 radical (unpaired) electrons. The number of hydrogen-bond donors (Lipinski definition) is 1. The van der Waals surface area contributed by atoms with Gasteiger partial charge < -0.3 is 9.84 Å². The minimum Gasteiger partial charge on any atom is -0.480 e. The van der Waals surface area contributed by atoms with Crippen LogP contribution < -0.4 is 11.2 Å². The number of fused-ring (bicyclic) bond motifs is 1. The van der Waals surface area contributed by atoms with E-state index in [-0.39, 0.29) is 23.4 Å². The fraction of sp³-hybridized carbons (Fsp3) is 0.300. The van der Waals surface area contributed by atoms with Crippen molar-refractivity contribution in [3.63, 3.8) is 0 Å². The molecule has 8 nitrogen and oxygen atoms in total. The van der Waals surface area contributed by atoms with Crippen molar-refractivity contribution >= 4 is 33.5 Å². The maximum Gasteiger partial charge on any atom is 0.348 e. The highest BCUT2D eigenvalue weighted by atomic mass is 32.1. The predicted octanol–water partition coefficient (Wildman–Crippen LogP) is 2.04. The molecule has 1 aromatic carbocycles. The molecule has 1 N–H and O–H groups in total. The molecule has 2 heterocycles. The van der Waals surface area contributed by atoms with Crippen molar-refractivity contribution in [2.24, 2.45) is 0 Å². The molecular formula is C20H20N2O6S. The second-order valence-electron chi connectivity index (χ2n) is 6.33. The highest BCUT2D eigenvalue weighted by molar-refractivity contribution is 7.20. The third-order valence-corrected chi connectivity index (χ3v) is 5.75. The molecule has 0 saturated heterocycles. The summed E-state index contributed by atoms with van der Waals surface area (Å²) in [6, 6.07) is 7.16. The number of nitrogens with zero attached hydrogens (tertiary/aromatic N) is 2. The Hall–Kier alpha value is -3.20. The minimum absolute atomic E-state index is 0.144. The van der Waals surface area contributed by atoms with Gasteiger partial charge in [0.15, 0.2) is 0 Å². The Labute approximate surface area is 171 Å². The van der Waals surface area contributed by atoms with Crippen LogP contribution in [-0.2, 0) is 29.0 Å². The number of carbonyl (C=O) groups is 2. The quantitative estimate of drug-likeness (QED) is 0.590. The van der Waals surface area contributed by atoms with Crippen molar-refractivity contribution in [3.05, 3.63) is 67.2 Å². The second-order valence-corrected chi connectivity index (χ2v) is 7.33. The van der Waals surface area contributed by atoms with Crippen molar-refractivity contribution < 1.29 is 20.8 Å². The number of esters is 1. The lowest BCUT2D eigenvalue weighted by Gasteiger charge is -2.11. The van der Waals surface area contributed by atoms with Crippen LogP contribution in [0.4, 0.5) is 0 Å². The van der Waals surface area contributed by atoms with Crippen LogP contribution in [0.3, 0.4) is 0 Å². The summed E-state index contributed by atoms with van der Waals surface area (Å²) in [5, 5.41) is 9.29. The second kappa shape index (κ2) is 8.44. The third-order valence-electron chi connectivity index (χ3n) is 4.46. The molecule has 3 rings (SSSR count). The van der Waals surface area contributed by atoms with Gasteiger partial charge in [0, 0.05) is 6.54 Å². The smallest absolute Gasteiger partial charge is 0.348 e. The van der Waals surface area contributed by atoms with Gasteiger partial charge in [-0.1, -0.05) is 30.3 Å². The highest BCUT2D eigenvalue weighted by Crippen LogP contribution is 2.28. The average molecular weight is 417 g/mol. The largest absolute Gasteiger partial charge is 0.480 e. The van der Waals surface area contributed by atoms with Gasteiger partial charge in [0.2, 0.25) is 0 Å². The molecule has 0 aliphatic heterocycles. The molecule has 0 saturated carbocycles. The van der Waals surface area contributed by atoms with Crippen LogP contribution in [0.2, 0.25) is 0 Å². The van der Waals surface area contributed by atoms with Crippen molar-refractivity contribution in [1.29, 1.82) is 0 Å². The van der Waals surface area contributed by atoms with Gasteiger partial charge in [-0.25, -0.2) is 14.2 Å². The number of carbonyl (C=O) groups excluding carboxylic acids is 1. The van der Waals surface area contributed by atoms with Gasteiger partial charge in [-0.05, 0) is 31.4 Å². The van der Waals surface area contributed by atoms with E-state index < -0.39 is 29.7 Å². The molecule has 0 bridgehead atoms. The Morgan fingerprint density at radius 1 is 1.24 bits per heavy atom. The standard InChI is InChI=1S/C20H20N2O6S/c1-3-28-19(26)16-12(2)15-17(25)22(11-14(23)24)20(27)21(18(15)29-16)10-9-13-7-5-4-6-8-13/h4-8H,3,9-11H2,1-2H3,(H,23,24)/i4D. The lowest BCUT2D eigenvalue weighted by molar-refractivity contribution is -0.137. The number of ether oxygens (including phenoxy) is 1. The van der Waals surface area contributed by atoms with E-state index in [4.69, 9.17) is 11.2 Å². The van der Waals surface area contributed by atoms with E-state index >= 15 is 0 Å². The summed E-state index contributed by atoms with van der Waals surface area (Å²) < 4.78 is 14.6. The van der Waals surface area contributed by atoms with E-state index in [1.807, 2.05) is 0 Å². The zero-order chi connectivity index (χ0) is 22.0. The first-order chi connectivity index (χ1) is 14.2. The Balaban J connectivity index is 2.19. The molecule has 3 aromatic rings. The van der Waals surface area contributed by atoms with E-state index in [9.17, 15) is 19.2 Å². The van der Waals surface area contributed by atoms with Gasteiger partial charge in [0.05, 0.1) is 13.4 Å². The SMILES string of the molecule is [2H]c1ccc(CCn2c(=O)n(CC(=O)O)c(=O)c3c(C)c(C(=O)OCC)sc32)cc1. The Bertz CT molecular complexity index is 1240. The maximum absolute atomic E-state index is 13.0. The average Bonchev–Trinajstić information content (AvgIpc) is 3.04. The van der Waals surface area contributed by atoms with Crippen LogP contribution in [0, 0.1) is 6.92 Å². The molecule has 0 spiro atoms. The van der Waals surface area contributed by atoms with Gasteiger partial charge >= 0.3 is 17.6 Å². The maximum atomic E-state index is 13.0. The molecule has 0 aliphatic rings. The molecule has 0 atom stereocenters. The lowest BCUT2D eigenvalue weighted by Crippen LogP contribution is -2.41. The van der Waals surface area contributed by atoms with Crippen molar-refractivity contribution in [2.45, 2.75) is 33.4 Å². The van der Waals surface area contributed by atoms with Crippen molar-refractivity contribution in [3.8, 4) is 0 Å². The fourth-order valence-electron chi connectivity index (χ4n) is 3.09. The molecule has 0 unspecified atom stereocenters. The first kappa shape index (κ1) is 19.1. The van der Waals surface area contributed by atoms with Crippen LogP contribution in [0.25, 0.3) is 10.2 Å². The van der Waals surface area contributed by atoms with E-state index in [1.165, 1.54) is 4.57 Å². The minimum atomic E-state index is -1.32. The first-order valence-corrected chi connectivity index (χ1v) is 9.77. The molecule has 2 aromatic heterocycles. The normalized spacial score (nSPS) is 11.4. The van der Waals surface area contributed by atoms with Crippen LogP contribution in [0.5, 0.6) is 0 Å². The number of carboxylic acid groups (broad SMARTS) is 1. The van der Waals surface area contributed by atoms with Crippen LogP contribution in [0.15, 0.2) is 39.9 Å². The predicted molar refractivity (Wildman–Crippen MR) is 109 cm³/mol. The molecule has 0 aliphatic carbocycles. The van der Waals surface area contributed by atoms with Gasteiger partial charge in [-0.3, -0.25) is 14.2 Å². The van der Waals surface area contributed by atoms with E-state index in [1.54, 1.807) is 38.1 Å². The third kappa shape index (κ3) is 4.00. The molecule has 0 amide bonds. The Morgan fingerprint density at radius 3 is 2.55 bits per heavy atom. The monoisotopic (exact) mass is 417 g/mol. The topological polar surface area (TPSA) is 108 Å². The van der Waals surface area contributed by atoms with Gasteiger partial charge in [0.1, 0.15) is 16.3 Å². The first-order valence-electron chi connectivity index (χ1n) is 9.45. The van der Waals surface area contributed by atoms with E-state index in [2.05, 4.69) is 0 Å². The summed E-state index contributed by atoms with van der Waals surface area (Å²) in [6.07, 6.45) is 0.423. The zero-order valence-corrected chi connectivity index (χ0v) is 16.7. The molecule has 152 valence electrons. The van der Waals surface area contributed by atoms with E-state index in [0.717, 1.165) is 16.9 Å². The lowest BCUT2D eigenvalue weighted by atomic mass is 10.1. The number of rotatable bonds is 7. The number of thiophene rings is 1. The number of aryl methyl sites for hydroxylation is 3. The van der Waals surface area contributed by atoms with Gasteiger partial charge in [-0.15, -0.1) is 11.3 Å². The fourth-order valence-corrected chi connectivity index (χ4v) is 4.30. The Kier molecular flexibility index (Phi) is 5.57. The number of aromatic nitrogens is 2. The van der Waals surface area contributed by atoms with Crippen LogP contribution >= 0.6 is 11.3 Å². The van der Waals surface area contributed by atoms with Crippen LogP contribution in [0.1, 0.15) is 29.1 Å². The number of aliphatic carboxylic acids is 1. The zero-order valence-electron chi connectivity index (χ0n) is 16.9. The summed E-state index contributed by atoms with van der Waals surface area (Å²) >= 11 is 0.990. The number of carboxylic acids is 1. The summed E-state index contributed by atoms with van der Waals surface area (Å²) in [4.78, 5) is 49.9. The number of hydrogen-bond acceptors (Lipinski definition) is 6. The van der Waals surface area contributed by atoms with Gasteiger partial charge in [-0.2, -0.15) is 0 Å². The summed E-state index contributed by atoms with van der Waals surface area (Å²) in [6.45, 7) is 2.81. The summed E-state index contributed by atoms with van der Waals surface area (Å²) in [7, 11) is 0. The van der Waals surface area contributed by atoms with Crippen molar-refractivity contribution in [1.82, 2.24) is 9.13 Å². The van der Waals surface area contributed by atoms with E-state index in [0.29, 0.717) is 27.4 Å². The van der Waals surface area contributed by atoms with Crippen molar-refractivity contribution in [2.75, 3.05) is 6.61 Å². The highest BCUT2D eigenvalue weighted by Gasteiger charge is 2.24. The van der Waals surface area contributed by atoms with Crippen LogP contribution in [-0.4, -0.2) is 32.8 Å². The molecule has 9 heteroatoms. The molecule has 29 heavy (non-hydrogen) atoms. The molecule has 0 fully saturated rings. The Morgan fingerprint density at radius 2 is 1.93 bits per heavy atom. The summed E-state index contributed by atoms with van der Waals surface area (Å²) in [5.41, 5.74) is -0.244. The number of benzene rings is 1. The van der Waals surface area contributed by atoms with Gasteiger partial charge in [0.25, 0.3) is 5.56 Å². The molecular weight excluding hydrogens is 396 g/mol.